The molecule has 122 valence electrons. The van der Waals surface area contributed by atoms with Gasteiger partial charge in [0.05, 0.1) is 5.56 Å². The molecule has 24 heavy (non-hydrogen) atoms. The molecule has 3 rings (SSSR count). The largest absolute Gasteiger partial charge is 0.417 e. The molecule has 0 aliphatic heterocycles. The fourth-order valence-corrected chi connectivity index (χ4v) is 2.40. The Morgan fingerprint density at radius 1 is 0.917 bits per heavy atom. The van der Waals surface area contributed by atoms with E-state index in [1.54, 1.807) is 29.1 Å². The predicted molar refractivity (Wildman–Crippen MR) is 80.6 cm³/mol. The van der Waals surface area contributed by atoms with Gasteiger partial charge in [-0.05, 0) is 54.6 Å². The lowest BCUT2D eigenvalue weighted by Gasteiger charge is -2.12. The maximum Gasteiger partial charge on any atom is 0.417 e. The van der Waals surface area contributed by atoms with Gasteiger partial charge in [-0.15, -0.1) is 0 Å². The number of nitrogens with zero attached hydrogens (tertiary/aromatic N) is 1. The molecular formula is C18H11F4NO. The average molecular weight is 333 g/mol. The highest BCUT2D eigenvalue weighted by atomic mass is 19.4. The number of benzene rings is 2. The van der Waals surface area contributed by atoms with Gasteiger partial charge in [-0.1, -0.05) is 0 Å². The van der Waals surface area contributed by atoms with Crippen LogP contribution in [0.25, 0.3) is 5.69 Å². The van der Waals surface area contributed by atoms with Gasteiger partial charge in [0.25, 0.3) is 0 Å². The van der Waals surface area contributed by atoms with Gasteiger partial charge in [0, 0.05) is 29.2 Å². The molecule has 3 aromatic rings. The number of ketones is 1. The summed E-state index contributed by atoms with van der Waals surface area (Å²) in [5.41, 5.74) is -0.977. The highest BCUT2D eigenvalue weighted by Gasteiger charge is 2.35. The SMILES string of the molecule is O=C(c1ccc(-n2cccc2)cc1)c1ccc(F)cc1C(F)(F)F. The first kappa shape index (κ1) is 16.0. The second-order valence-corrected chi connectivity index (χ2v) is 5.15. The molecule has 2 nitrogen and oxygen atoms in total. The number of halogens is 4. The molecule has 0 saturated heterocycles. The molecule has 0 N–H and O–H groups in total. The maximum atomic E-state index is 13.1. The van der Waals surface area contributed by atoms with Crippen LogP contribution in [0.15, 0.2) is 67.0 Å². The number of rotatable bonds is 3. The van der Waals surface area contributed by atoms with Crippen LogP contribution in [0.2, 0.25) is 0 Å². The zero-order valence-corrected chi connectivity index (χ0v) is 12.2. The summed E-state index contributed by atoms with van der Waals surface area (Å²) >= 11 is 0. The maximum absolute atomic E-state index is 13.1. The van der Waals surface area contributed by atoms with Crippen molar-refractivity contribution in [2.45, 2.75) is 6.18 Å². The third kappa shape index (κ3) is 3.08. The molecule has 1 heterocycles. The molecule has 0 radical (unpaired) electrons. The second-order valence-electron chi connectivity index (χ2n) is 5.15. The van der Waals surface area contributed by atoms with Crippen LogP contribution in [-0.2, 0) is 6.18 Å². The zero-order valence-electron chi connectivity index (χ0n) is 12.2. The molecule has 2 aromatic carbocycles. The van der Waals surface area contributed by atoms with E-state index in [4.69, 9.17) is 0 Å². The van der Waals surface area contributed by atoms with Crippen LogP contribution in [0.5, 0.6) is 0 Å². The zero-order chi connectivity index (χ0) is 17.3. The van der Waals surface area contributed by atoms with Crippen molar-refractivity contribution >= 4 is 5.78 Å². The van der Waals surface area contributed by atoms with Crippen molar-refractivity contribution in [3.8, 4) is 5.69 Å². The first-order chi connectivity index (χ1) is 11.4. The molecule has 0 unspecified atom stereocenters. The Morgan fingerprint density at radius 2 is 1.54 bits per heavy atom. The van der Waals surface area contributed by atoms with Gasteiger partial charge < -0.3 is 4.57 Å². The fourth-order valence-electron chi connectivity index (χ4n) is 2.40. The Labute approximate surface area is 135 Å². The van der Waals surface area contributed by atoms with Crippen molar-refractivity contribution in [1.29, 1.82) is 0 Å². The van der Waals surface area contributed by atoms with E-state index >= 15 is 0 Å². The van der Waals surface area contributed by atoms with Crippen molar-refractivity contribution in [2.24, 2.45) is 0 Å². The van der Waals surface area contributed by atoms with Gasteiger partial charge in [-0.25, -0.2) is 4.39 Å². The summed E-state index contributed by atoms with van der Waals surface area (Å²) in [6.45, 7) is 0. The molecule has 0 fully saturated rings. The third-order valence-electron chi connectivity index (χ3n) is 3.56. The molecule has 0 atom stereocenters. The highest BCUT2D eigenvalue weighted by molar-refractivity contribution is 6.10. The average Bonchev–Trinajstić information content (AvgIpc) is 3.08. The van der Waals surface area contributed by atoms with Gasteiger partial charge in [0.2, 0.25) is 0 Å². The number of aromatic nitrogens is 1. The van der Waals surface area contributed by atoms with E-state index in [-0.39, 0.29) is 5.56 Å². The van der Waals surface area contributed by atoms with E-state index in [1.807, 2.05) is 12.1 Å². The second kappa shape index (κ2) is 5.96. The van der Waals surface area contributed by atoms with Gasteiger partial charge >= 0.3 is 6.18 Å². The minimum atomic E-state index is -4.81. The molecule has 0 bridgehead atoms. The Bertz CT molecular complexity index is 865. The van der Waals surface area contributed by atoms with Crippen LogP contribution in [0, 0.1) is 5.82 Å². The lowest BCUT2D eigenvalue weighted by atomic mass is 9.97. The number of carbonyl (C=O) groups is 1. The molecular weight excluding hydrogens is 322 g/mol. The van der Waals surface area contributed by atoms with Gasteiger partial charge in [0.15, 0.2) is 5.78 Å². The number of alkyl halides is 3. The van der Waals surface area contributed by atoms with Gasteiger partial charge in [0.1, 0.15) is 5.82 Å². The molecule has 6 heteroatoms. The predicted octanol–water partition coefficient (Wildman–Crippen LogP) is 4.87. The first-order valence-corrected chi connectivity index (χ1v) is 7.01. The normalized spacial score (nSPS) is 11.5. The summed E-state index contributed by atoms with van der Waals surface area (Å²) in [5.74, 6) is -1.84. The number of hydrogen-bond donors (Lipinski definition) is 0. The van der Waals surface area contributed by atoms with Crippen LogP contribution < -0.4 is 0 Å². The quantitative estimate of drug-likeness (QED) is 0.495. The van der Waals surface area contributed by atoms with Gasteiger partial charge in [-0.2, -0.15) is 13.2 Å². The Kier molecular flexibility index (Phi) is 3.97. The highest BCUT2D eigenvalue weighted by Crippen LogP contribution is 2.33. The van der Waals surface area contributed by atoms with Crippen LogP contribution in [0.3, 0.4) is 0 Å². The van der Waals surface area contributed by atoms with Crippen LogP contribution in [0.1, 0.15) is 21.5 Å². The van der Waals surface area contributed by atoms with Crippen molar-refractivity contribution in [3.05, 3.63) is 89.5 Å². The van der Waals surface area contributed by atoms with Crippen molar-refractivity contribution < 1.29 is 22.4 Å². The van der Waals surface area contributed by atoms with Crippen LogP contribution >= 0.6 is 0 Å². The summed E-state index contributed by atoms with van der Waals surface area (Å²) in [4.78, 5) is 12.4. The lowest BCUT2D eigenvalue weighted by molar-refractivity contribution is -0.138. The van der Waals surface area contributed by atoms with Crippen molar-refractivity contribution in [2.75, 3.05) is 0 Å². The van der Waals surface area contributed by atoms with E-state index in [1.165, 1.54) is 12.1 Å². The van der Waals surface area contributed by atoms with Crippen molar-refractivity contribution in [1.82, 2.24) is 4.57 Å². The Balaban J connectivity index is 1.98. The fraction of sp³-hybridized carbons (Fsp3) is 0.0556. The Hall–Kier alpha value is -2.89. The van der Waals surface area contributed by atoms with Crippen molar-refractivity contribution in [3.63, 3.8) is 0 Å². The molecule has 1 aromatic heterocycles. The third-order valence-corrected chi connectivity index (χ3v) is 3.56. The van der Waals surface area contributed by atoms with Crippen LogP contribution in [-0.4, -0.2) is 10.4 Å². The van der Waals surface area contributed by atoms with E-state index in [0.29, 0.717) is 6.07 Å². The van der Waals surface area contributed by atoms with E-state index in [2.05, 4.69) is 0 Å². The number of carbonyl (C=O) groups excluding carboxylic acids is 1. The topological polar surface area (TPSA) is 22.0 Å². The Morgan fingerprint density at radius 3 is 2.12 bits per heavy atom. The first-order valence-electron chi connectivity index (χ1n) is 7.01. The lowest BCUT2D eigenvalue weighted by Crippen LogP contribution is -2.14. The standard InChI is InChI=1S/C18H11F4NO/c19-13-5-8-15(16(11-13)18(20,21)22)17(24)12-3-6-14(7-4-12)23-9-1-2-10-23/h1-11H. The molecule has 0 saturated carbocycles. The smallest absolute Gasteiger partial charge is 0.324 e. The number of hydrogen-bond acceptors (Lipinski definition) is 1. The summed E-state index contributed by atoms with van der Waals surface area (Å²) in [6, 6.07) is 11.8. The van der Waals surface area contributed by atoms with E-state index in [0.717, 1.165) is 17.8 Å². The molecule has 0 spiro atoms. The monoisotopic (exact) mass is 333 g/mol. The minimum absolute atomic E-state index is 0.100. The summed E-state index contributed by atoms with van der Waals surface area (Å²) in [5, 5.41) is 0. The van der Waals surface area contributed by atoms with Gasteiger partial charge in [-0.3, -0.25) is 4.79 Å². The van der Waals surface area contributed by atoms with E-state index < -0.39 is 28.9 Å². The van der Waals surface area contributed by atoms with E-state index in [9.17, 15) is 22.4 Å². The molecule has 0 aliphatic rings. The summed E-state index contributed by atoms with van der Waals surface area (Å²) < 4.78 is 54.0. The molecule has 0 amide bonds. The van der Waals surface area contributed by atoms with Crippen LogP contribution in [0.4, 0.5) is 17.6 Å². The molecule has 0 aliphatic carbocycles. The summed E-state index contributed by atoms with van der Waals surface area (Å²) in [6.07, 6.45) is -1.20. The minimum Gasteiger partial charge on any atom is -0.324 e. The summed E-state index contributed by atoms with van der Waals surface area (Å²) in [7, 11) is 0.